The minimum Gasteiger partial charge on any atom is -0.351 e. The first-order chi connectivity index (χ1) is 13.3. The second kappa shape index (κ2) is 6.48. The maximum Gasteiger partial charge on any atom is 0.160 e. The van der Waals surface area contributed by atoms with E-state index < -0.39 is 10.8 Å². The fourth-order valence-electron chi connectivity index (χ4n) is 4.96. The topological polar surface area (TPSA) is 61.9 Å². The van der Waals surface area contributed by atoms with Crippen molar-refractivity contribution < 1.29 is 4.79 Å². The van der Waals surface area contributed by atoms with Gasteiger partial charge in [-0.05, 0) is 38.3 Å². The molecule has 1 saturated heterocycles. The van der Waals surface area contributed by atoms with E-state index in [2.05, 4.69) is 23.1 Å². The Morgan fingerprint density at radius 3 is 2.61 bits per heavy atom. The maximum absolute atomic E-state index is 13.5. The van der Waals surface area contributed by atoms with E-state index in [1.807, 2.05) is 50.6 Å². The molecule has 4 rings (SSSR count). The highest BCUT2D eigenvalue weighted by Gasteiger charge is 2.56. The maximum atomic E-state index is 13.5. The van der Waals surface area contributed by atoms with Gasteiger partial charge in [0.15, 0.2) is 5.78 Å². The van der Waals surface area contributed by atoms with Gasteiger partial charge in [-0.25, -0.2) is 4.68 Å². The second-order valence-corrected chi connectivity index (χ2v) is 9.18. The number of piperidine rings is 1. The van der Waals surface area contributed by atoms with Crippen molar-refractivity contribution in [1.82, 2.24) is 9.78 Å². The van der Waals surface area contributed by atoms with Crippen molar-refractivity contribution in [3.8, 4) is 11.8 Å². The summed E-state index contributed by atoms with van der Waals surface area (Å²) in [5.74, 6) is 1.12. The molecular formula is C23H28N4O. The summed E-state index contributed by atoms with van der Waals surface area (Å²) in [4.78, 5) is 15.9. The Hall–Kier alpha value is -2.61. The normalized spacial score (nSPS) is 24.2. The van der Waals surface area contributed by atoms with Gasteiger partial charge in [-0.2, -0.15) is 10.4 Å². The molecule has 2 atom stereocenters. The predicted octanol–water partition coefficient (Wildman–Crippen LogP) is 4.22. The predicted molar refractivity (Wildman–Crippen MR) is 109 cm³/mol. The molecule has 0 N–H and O–H groups in total. The van der Waals surface area contributed by atoms with E-state index in [1.54, 1.807) is 0 Å². The number of nitrogens with zero attached hydrogens (tertiary/aromatic N) is 4. The summed E-state index contributed by atoms with van der Waals surface area (Å²) in [6.45, 7) is 8.63. The molecule has 1 aromatic carbocycles. The summed E-state index contributed by atoms with van der Waals surface area (Å²) < 4.78 is 2.01. The van der Waals surface area contributed by atoms with Crippen LogP contribution < -0.4 is 4.90 Å². The summed E-state index contributed by atoms with van der Waals surface area (Å²) in [6, 6.07) is 12.5. The summed E-state index contributed by atoms with van der Waals surface area (Å²) in [6.07, 6.45) is 3.44. The summed E-state index contributed by atoms with van der Waals surface area (Å²) in [5.41, 5.74) is 1.40. The zero-order chi connectivity index (χ0) is 20.1. The zero-order valence-electron chi connectivity index (χ0n) is 17.2. The number of aromatic nitrogens is 2. The van der Waals surface area contributed by atoms with Crippen molar-refractivity contribution >= 4 is 11.6 Å². The molecule has 2 aliphatic heterocycles. The van der Waals surface area contributed by atoms with Gasteiger partial charge in [0.2, 0.25) is 0 Å². The van der Waals surface area contributed by atoms with Crippen LogP contribution in [-0.4, -0.2) is 28.2 Å². The third-order valence-electron chi connectivity index (χ3n) is 6.24. The van der Waals surface area contributed by atoms with Crippen LogP contribution in [0.3, 0.4) is 0 Å². The molecule has 28 heavy (non-hydrogen) atoms. The number of anilines is 1. The molecule has 1 fully saturated rings. The van der Waals surface area contributed by atoms with E-state index in [4.69, 9.17) is 5.10 Å². The molecule has 0 unspecified atom stereocenters. The van der Waals surface area contributed by atoms with Crippen LogP contribution in [0.2, 0.25) is 0 Å². The van der Waals surface area contributed by atoms with E-state index in [9.17, 15) is 10.1 Å². The molecule has 0 spiro atoms. The Labute approximate surface area is 167 Å². The van der Waals surface area contributed by atoms with Crippen LogP contribution in [0.1, 0.15) is 51.3 Å². The van der Waals surface area contributed by atoms with Crippen LogP contribution in [-0.2, 0) is 11.2 Å². The van der Waals surface area contributed by atoms with Crippen molar-refractivity contribution in [2.75, 3.05) is 11.4 Å². The molecule has 5 nitrogen and oxygen atoms in total. The SMILES string of the molecule is Cc1nn(-c2ccccc2)c2c1C[C@@](C#N)(C(=O)C(C)(C)C)[C@@H]1CCCCN21. The second-order valence-electron chi connectivity index (χ2n) is 9.18. The number of hydrogen-bond acceptors (Lipinski definition) is 4. The fraction of sp³-hybridized carbons (Fsp3) is 0.522. The standard InChI is InChI=1S/C23H28N4O/c1-16-18-14-23(15-24,21(28)22(2,3)4)19-12-8-9-13-26(19)20(18)27(25-16)17-10-6-5-7-11-17/h5-7,10-11,19H,8-9,12-14H2,1-4H3/t19-,23-/m0/s1. The molecule has 5 heteroatoms. The van der Waals surface area contributed by atoms with Gasteiger partial charge >= 0.3 is 0 Å². The molecule has 1 aromatic heterocycles. The summed E-state index contributed by atoms with van der Waals surface area (Å²) in [7, 11) is 0. The first-order valence-electron chi connectivity index (χ1n) is 10.2. The van der Waals surface area contributed by atoms with Crippen LogP contribution in [0.4, 0.5) is 5.82 Å². The number of Topliss-reactive ketones (excluding diaryl/α,β-unsaturated/α-hetero) is 1. The Bertz CT molecular complexity index is 947. The number of carbonyl (C=O) groups is 1. The van der Waals surface area contributed by atoms with Gasteiger partial charge in [0.05, 0.1) is 23.5 Å². The largest absolute Gasteiger partial charge is 0.351 e. The number of carbonyl (C=O) groups excluding carboxylic acids is 1. The van der Waals surface area contributed by atoms with E-state index in [0.29, 0.717) is 6.42 Å². The van der Waals surface area contributed by atoms with Crippen LogP contribution in [0.15, 0.2) is 30.3 Å². The molecule has 3 heterocycles. The summed E-state index contributed by atoms with van der Waals surface area (Å²) >= 11 is 0. The average Bonchev–Trinajstić information content (AvgIpc) is 3.03. The number of fused-ring (bicyclic) bond motifs is 3. The van der Waals surface area contributed by atoms with Gasteiger partial charge in [0, 0.05) is 23.9 Å². The van der Waals surface area contributed by atoms with Gasteiger partial charge in [-0.1, -0.05) is 39.0 Å². The van der Waals surface area contributed by atoms with Gasteiger partial charge < -0.3 is 4.90 Å². The fourth-order valence-corrected chi connectivity index (χ4v) is 4.96. The lowest BCUT2D eigenvalue weighted by Gasteiger charge is -2.50. The highest BCUT2D eigenvalue weighted by atomic mass is 16.1. The van der Waals surface area contributed by atoms with Gasteiger partial charge in [-0.3, -0.25) is 4.79 Å². The van der Waals surface area contributed by atoms with Gasteiger partial charge in [-0.15, -0.1) is 0 Å². The zero-order valence-corrected chi connectivity index (χ0v) is 17.2. The minimum atomic E-state index is -1.01. The Balaban J connectivity index is 1.93. The lowest BCUT2D eigenvalue weighted by atomic mass is 9.62. The van der Waals surface area contributed by atoms with E-state index >= 15 is 0 Å². The lowest BCUT2D eigenvalue weighted by molar-refractivity contribution is -0.135. The van der Waals surface area contributed by atoms with E-state index in [1.165, 1.54) is 0 Å². The van der Waals surface area contributed by atoms with Crippen LogP contribution in [0.25, 0.3) is 5.69 Å². The molecule has 146 valence electrons. The smallest absolute Gasteiger partial charge is 0.160 e. The highest BCUT2D eigenvalue weighted by molar-refractivity contribution is 5.94. The van der Waals surface area contributed by atoms with Crippen molar-refractivity contribution in [2.45, 2.75) is 59.4 Å². The summed E-state index contributed by atoms with van der Waals surface area (Å²) in [5, 5.41) is 15.2. The third-order valence-corrected chi connectivity index (χ3v) is 6.24. The first-order valence-corrected chi connectivity index (χ1v) is 10.2. The minimum absolute atomic E-state index is 0.0527. The Morgan fingerprint density at radius 1 is 1.25 bits per heavy atom. The number of hydrogen-bond donors (Lipinski definition) is 0. The van der Waals surface area contributed by atoms with Crippen LogP contribution in [0.5, 0.6) is 0 Å². The average molecular weight is 377 g/mol. The molecule has 2 aliphatic rings. The number of aryl methyl sites for hydroxylation is 1. The molecule has 0 amide bonds. The van der Waals surface area contributed by atoms with Crippen LogP contribution >= 0.6 is 0 Å². The van der Waals surface area contributed by atoms with Crippen LogP contribution in [0, 0.1) is 29.1 Å². The molecule has 0 saturated carbocycles. The number of para-hydroxylation sites is 1. The quantitative estimate of drug-likeness (QED) is 0.787. The van der Waals surface area contributed by atoms with Crippen molar-refractivity contribution in [2.24, 2.45) is 10.8 Å². The van der Waals surface area contributed by atoms with Gasteiger partial charge in [0.1, 0.15) is 11.2 Å². The van der Waals surface area contributed by atoms with Crippen molar-refractivity contribution in [1.29, 1.82) is 5.26 Å². The number of rotatable bonds is 2. The highest BCUT2D eigenvalue weighted by Crippen LogP contribution is 2.49. The molecule has 0 aliphatic carbocycles. The molecule has 0 bridgehead atoms. The molecular weight excluding hydrogens is 348 g/mol. The van der Waals surface area contributed by atoms with Gasteiger partial charge in [0.25, 0.3) is 0 Å². The third kappa shape index (κ3) is 2.66. The Kier molecular flexibility index (Phi) is 4.33. The number of nitriles is 1. The lowest BCUT2D eigenvalue weighted by Crippen LogP contribution is -2.60. The number of ketones is 1. The monoisotopic (exact) mass is 376 g/mol. The van der Waals surface area contributed by atoms with Crippen molar-refractivity contribution in [3.63, 3.8) is 0 Å². The first kappa shape index (κ1) is 18.7. The number of benzene rings is 1. The van der Waals surface area contributed by atoms with E-state index in [0.717, 1.165) is 48.6 Å². The van der Waals surface area contributed by atoms with Crippen molar-refractivity contribution in [3.05, 3.63) is 41.6 Å². The molecule has 0 radical (unpaired) electrons. The molecule has 2 aromatic rings. The van der Waals surface area contributed by atoms with E-state index in [-0.39, 0.29) is 11.8 Å². The Morgan fingerprint density at radius 2 is 1.96 bits per heavy atom.